The van der Waals surface area contributed by atoms with Crippen molar-refractivity contribution in [2.45, 2.75) is 19.8 Å². The normalized spacial score (nSPS) is 10.3. The Kier molecular flexibility index (Phi) is 5.05. The largest absolute Gasteiger partial charge is 0.478 e. The van der Waals surface area contributed by atoms with Gasteiger partial charge in [0.15, 0.2) is 0 Å². The minimum Gasteiger partial charge on any atom is -0.478 e. The average molecular weight is 304 g/mol. The van der Waals surface area contributed by atoms with E-state index in [1.807, 2.05) is 12.3 Å². The standard InChI is InChI=1S/C15H16N2O3S/c1-10-17-12(9-21-10)8-14(18)16-7-6-11-4-2-3-5-13(11)15(19)20/h2-5,9H,6-8H2,1H3,(H,16,18)(H,19,20). The first-order chi connectivity index (χ1) is 10.1. The zero-order valence-corrected chi connectivity index (χ0v) is 12.4. The molecule has 5 nitrogen and oxygen atoms in total. The number of carbonyl (C=O) groups is 2. The molecule has 0 aliphatic rings. The van der Waals surface area contributed by atoms with Crippen LogP contribution in [0.4, 0.5) is 0 Å². The zero-order valence-electron chi connectivity index (χ0n) is 11.6. The van der Waals surface area contributed by atoms with Gasteiger partial charge in [-0.05, 0) is 25.0 Å². The van der Waals surface area contributed by atoms with Crippen LogP contribution in [0.15, 0.2) is 29.6 Å². The first-order valence-electron chi connectivity index (χ1n) is 6.55. The Hall–Kier alpha value is -2.21. The van der Waals surface area contributed by atoms with Crippen molar-refractivity contribution in [1.82, 2.24) is 10.3 Å². The average Bonchev–Trinajstić information content (AvgIpc) is 2.84. The summed E-state index contributed by atoms with van der Waals surface area (Å²) in [6.45, 7) is 2.31. The number of carboxylic acid groups (broad SMARTS) is 1. The van der Waals surface area contributed by atoms with Crippen LogP contribution >= 0.6 is 11.3 Å². The van der Waals surface area contributed by atoms with Gasteiger partial charge < -0.3 is 10.4 Å². The summed E-state index contributed by atoms with van der Waals surface area (Å²) < 4.78 is 0. The van der Waals surface area contributed by atoms with Gasteiger partial charge in [0.1, 0.15) is 0 Å². The van der Waals surface area contributed by atoms with Crippen molar-refractivity contribution < 1.29 is 14.7 Å². The van der Waals surface area contributed by atoms with Crippen LogP contribution in [0.3, 0.4) is 0 Å². The molecule has 0 aliphatic heterocycles. The molecule has 0 atom stereocenters. The van der Waals surface area contributed by atoms with Gasteiger partial charge in [-0.3, -0.25) is 4.79 Å². The van der Waals surface area contributed by atoms with E-state index >= 15 is 0 Å². The molecule has 0 spiro atoms. The SMILES string of the molecule is Cc1nc(CC(=O)NCCc2ccccc2C(=O)O)cs1. The van der Waals surface area contributed by atoms with Gasteiger partial charge in [-0.1, -0.05) is 18.2 Å². The van der Waals surface area contributed by atoms with Crippen LogP contribution in [0.2, 0.25) is 0 Å². The van der Waals surface area contributed by atoms with Gasteiger partial charge in [-0.15, -0.1) is 11.3 Å². The lowest BCUT2D eigenvalue weighted by atomic mass is 10.0. The Balaban J connectivity index is 1.84. The Morgan fingerprint density at radius 3 is 2.76 bits per heavy atom. The lowest BCUT2D eigenvalue weighted by Crippen LogP contribution is -2.27. The molecule has 0 saturated heterocycles. The van der Waals surface area contributed by atoms with Crippen molar-refractivity contribution in [2.75, 3.05) is 6.54 Å². The maximum atomic E-state index is 11.8. The third kappa shape index (κ3) is 4.39. The van der Waals surface area contributed by atoms with Crippen molar-refractivity contribution in [3.05, 3.63) is 51.5 Å². The molecule has 2 aromatic rings. The van der Waals surface area contributed by atoms with Crippen LogP contribution in [-0.4, -0.2) is 28.5 Å². The summed E-state index contributed by atoms with van der Waals surface area (Å²) in [5.41, 5.74) is 1.76. The number of nitrogens with one attached hydrogen (secondary N) is 1. The lowest BCUT2D eigenvalue weighted by molar-refractivity contribution is -0.120. The number of aryl methyl sites for hydroxylation is 1. The van der Waals surface area contributed by atoms with Crippen LogP contribution in [0.5, 0.6) is 0 Å². The summed E-state index contributed by atoms with van der Waals surface area (Å²) in [5, 5.41) is 14.7. The summed E-state index contributed by atoms with van der Waals surface area (Å²) >= 11 is 1.52. The highest BCUT2D eigenvalue weighted by Gasteiger charge is 2.10. The number of aromatic carboxylic acids is 1. The number of hydrogen-bond acceptors (Lipinski definition) is 4. The topological polar surface area (TPSA) is 79.3 Å². The Morgan fingerprint density at radius 2 is 2.10 bits per heavy atom. The summed E-state index contributed by atoms with van der Waals surface area (Å²) in [4.78, 5) is 27.1. The molecule has 110 valence electrons. The molecule has 0 aliphatic carbocycles. The Bertz CT molecular complexity index is 652. The Labute approximate surface area is 126 Å². The molecule has 1 aromatic heterocycles. The van der Waals surface area contributed by atoms with E-state index in [0.29, 0.717) is 13.0 Å². The Morgan fingerprint density at radius 1 is 1.33 bits per heavy atom. The second-order valence-electron chi connectivity index (χ2n) is 4.60. The number of nitrogens with zero attached hydrogens (tertiary/aromatic N) is 1. The molecular weight excluding hydrogens is 288 g/mol. The molecule has 0 saturated carbocycles. The van der Waals surface area contributed by atoms with E-state index in [-0.39, 0.29) is 17.9 Å². The van der Waals surface area contributed by atoms with Crippen LogP contribution in [-0.2, 0) is 17.6 Å². The quantitative estimate of drug-likeness (QED) is 0.856. The summed E-state index contributed by atoms with van der Waals surface area (Å²) in [6.07, 6.45) is 0.745. The van der Waals surface area contributed by atoms with Gasteiger partial charge >= 0.3 is 5.97 Å². The van der Waals surface area contributed by atoms with Crippen molar-refractivity contribution in [1.29, 1.82) is 0 Å². The van der Waals surface area contributed by atoms with Gasteiger partial charge in [0, 0.05) is 11.9 Å². The van der Waals surface area contributed by atoms with Crippen molar-refractivity contribution >= 4 is 23.2 Å². The highest BCUT2D eigenvalue weighted by atomic mass is 32.1. The van der Waals surface area contributed by atoms with Crippen LogP contribution in [0.1, 0.15) is 26.6 Å². The number of carboxylic acids is 1. The number of carbonyl (C=O) groups excluding carboxylic acids is 1. The third-order valence-corrected chi connectivity index (χ3v) is 3.79. The fourth-order valence-corrected chi connectivity index (χ4v) is 2.61. The van der Waals surface area contributed by atoms with E-state index in [2.05, 4.69) is 10.3 Å². The van der Waals surface area contributed by atoms with Crippen molar-refractivity contribution in [3.63, 3.8) is 0 Å². The van der Waals surface area contributed by atoms with Gasteiger partial charge in [-0.25, -0.2) is 9.78 Å². The molecule has 1 amide bonds. The summed E-state index contributed by atoms with van der Waals surface area (Å²) in [7, 11) is 0. The number of hydrogen-bond donors (Lipinski definition) is 2. The van der Waals surface area contributed by atoms with E-state index in [1.54, 1.807) is 24.3 Å². The first-order valence-corrected chi connectivity index (χ1v) is 7.43. The van der Waals surface area contributed by atoms with Crippen molar-refractivity contribution in [3.8, 4) is 0 Å². The molecular formula is C15H16N2O3S. The second kappa shape index (κ2) is 6.99. The highest BCUT2D eigenvalue weighted by molar-refractivity contribution is 7.09. The predicted octanol–water partition coefficient (Wildman–Crippen LogP) is 2.05. The monoisotopic (exact) mass is 304 g/mol. The molecule has 21 heavy (non-hydrogen) atoms. The molecule has 0 bridgehead atoms. The van der Waals surface area contributed by atoms with Crippen LogP contribution < -0.4 is 5.32 Å². The molecule has 6 heteroatoms. The van der Waals surface area contributed by atoms with E-state index in [1.165, 1.54) is 11.3 Å². The first kappa shape index (κ1) is 15.2. The molecule has 1 heterocycles. The zero-order chi connectivity index (χ0) is 15.2. The second-order valence-corrected chi connectivity index (χ2v) is 5.66. The molecule has 2 rings (SSSR count). The molecule has 0 unspecified atom stereocenters. The maximum Gasteiger partial charge on any atom is 0.335 e. The minimum absolute atomic E-state index is 0.104. The number of benzene rings is 1. The van der Waals surface area contributed by atoms with E-state index in [9.17, 15) is 9.59 Å². The minimum atomic E-state index is -0.949. The van der Waals surface area contributed by atoms with Crippen molar-refractivity contribution in [2.24, 2.45) is 0 Å². The molecule has 1 aromatic carbocycles. The van der Waals surface area contributed by atoms with E-state index < -0.39 is 5.97 Å². The molecule has 2 N–H and O–H groups in total. The highest BCUT2D eigenvalue weighted by Crippen LogP contribution is 2.10. The van der Waals surface area contributed by atoms with E-state index in [4.69, 9.17) is 5.11 Å². The van der Waals surface area contributed by atoms with Gasteiger partial charge in [-0.2, -0.15) is 0 Å². The summed E-state index contributed by atoms with van der Waals surface area (Å²) in [6, 6.07) is 6.81. The fraction of sp³-hybridized carbons (Fsp3) is 0.267. The smallest absolute Gasteiger partial charge is 0.335 e. The van der Waals surface area contributed by atoms with Gasteiger partial charge in [0.25, 0.3) is 0 Å². The number of amides is 1. The fourth-order valence-electron chi connectivity index (χ4n) is 2.00. The lowest BCUT2D eigenvalue weighted by Gasteiger charge is -2.07. The molecule has 0 fully saturated rings. The van der Waals surface area contributed by atoms with Crippen LogP contribution in [0.25, 0.3) is 0 Å². The summed E-state index contributed by atoms with van der Waals surface area (Å²) in [5.74, 6) is -1.05. The number of thiazole rings is 1. The molecule has 0 radical (unpaired) electrons. The predicted molar refractivity (Wildman–Crippen MR) is 80.7 cm³/mol. The number of rotatable bonds is 6. The van der Waals surface area contributed by atoms with Gasteiger partial charge in [0.05, 0.1) is 22.7 Å². The van der Waals surface area contributed by atoms with Gasteiger partial charge in [0.2, 0.25) is 5.91 Å². The van der Waals surface area contributed by atoms with E-state index in [0.717, 1.165) is 16.3 Å². The number of aromatic nitrogens is 1. The van der Waals surface area contributed by atoms with Crippen LogP contribution in [0, 0.1) is 6.92 Å². The maximum absolute atomic E-state index is 11.8. The third-order valence-electron chi connectivity index (χ3n) is 2.97.